The van der Waals surface area contributed by atoms with Crippen LogP contribution in [-0.2, 0) is 17.4 Å². The Morgan fingerprint density at radius 3 is 2.72 bits per heavy atom. The van der Waals surface area contributed by atoms with Crippen LogP contribution in [0.25, 0.3) is 11.3 Å². The predicted octanol–water partition coefficient (Wildman–Crippen LogP) is 1.32. The zero-order valence-corrected chi connectivity index (χ0v) is 16.5. The predicted molar refractivity (Wildman–Crippen MR) is 106 cm³/mol. The number of aromatic nitrogens is 3. The van der Waals surface area contributed by atoms with Crippen molar-refractivity contribution in [2.45, 2.75) is 12.5 Å². The summed E-state index contributed by atoms with van der Waals surface area (Å²) in [5, 5.41) is 11.5. The van der Waals surface area contributed by atoms with Crippen LogP contribution in [0, 0.1) is 6.92 Å². The summed E-state index contributed by atoms with van der Waals surface area (Å²) in [5.74, 6) is -0.641. The summed E-state index contributed by atoms with van der Waals surface area (Å²) < 4.78 is 1.62. The van der Waals surface area contributed by atoms with E-state index in [2.05, 4.69) is 25.9 Å². The van der Waals surface area contributed by atoms with Gasteiger partial charge in [0.2, 0.25) is 0 Å². The Kier molecular flexibility index (Phi) is 4.63. The van der Waals surface area contributed by atoms with E-state index < -0.39 is 23.4 Å². The third-order valence-electron chi connectivity index (χ3n) is 4.81. The number of rotatable bonds is 5. The molecule has 4 amide bonds. The second-order valence-corrected chi connectivity index (χ2v) is 7.48. The molecule has 0 saturated carbocycles. The van der Waals surface area contributed by atoms with Crippen molar-refractivity contribution in [3.05, 3.63) is 58.4 Å². The first-order valence-electron chi connectivity index (χ1n) is 8.80. The number of pyridine rings is 1. The van der Waals surface area contributed by atoms with Gasteiger partial charge < -0.3 is 15.2 Å². The maximum Gasteiger partial charge on any atom is 0.322 e. The third kappa shape index (κ3) is 3.27. The highest BCUT2D eigenvalue weighted by Gasteiger charge is 2.50. The molecular weight excluding hydrogens is 392 g/mol. The number of imide groups is 1. The molecule has 0 radical (unpaired) electrons. The van der Waals surface area contributed by atoms with Gasteiger partial charge in [0.15, 0.2) is 5.54 Å². The van der Waals surface area contributed by atoms with Gasteiger partial charge in [-0.2, -0.15) is 11.3 Å². The van der Waals surface area contributed by atoms with Crippen LogP contribution in [0.3, 0.4) is 0 Å². The Bertz CT molecular complexity index is 1110. The molecule has 0 bridgehead atoms. The number of amides is 4. The maximum absolute atomic E-state index is 12.8. The smallest absolute Gasteiger partial charge is 0.322 e. The number of nitrogens with zero attached hydrogens (tertiary/aromatic N) is 3. The van der Waals surface area contributed by atoms with Crippen molar-refractivity contribution >= 4 is 29.2 Å². The molecule has 1 aliphatic rings. The van der Waals surface area contributed by atoms with Gasteiger partial charge in [0.05, 0.1) is 23.5 Å². The number of hydrogen-bond acceptors (Lipinski definition) is 6. The van der Waals surface area contributed by atoms with E-state index in [9.17, 15) is 14.4 Å². The quantitative estimate of drug-likeness (QED) is 0.548. The van der Waals surface area contributed by atoms with E-state index in [4.69, 9.17) is 0 Å². The highest BCUT2D eigenvalue weighted by atomic mass is 32.1. The zero-order valence-electron chi connectivity index (χ0n) is 15.7. The molecule has 1 fully saturated rings. The van der Waals surface area contributed by atoms with Crippen LogP contribution in [-0.4, -0.2) is 38.9 Å². The van der Waals surface area contributed by atoms with Crippen molar-refractivity contribution in [2.75, 3.05) is 6.54 Å². The minimum atomic E-state index is -1.48. The molecule has 3 N–H and O–H groups in total. The van der Waals surface area contributed by atoms with Gasteiger partial charge in [-0.1, -0.05) is 0 Å². The molecule has 1 saturated heterocycles. The Balaban J connectivity index is 1.57. The monoisotopic (exact) mass is 410 g/mol. The summed E-state index contributed by atoms with van der Waals surface area (Å²) >= 11 is 1.57. The van der Waals surface area contributed by atoms with Gasteiger partial charge in [-0.05, 0) is 30.5 Å². The molecule has 4 heterocycles. The fraction of sp³-hybridized carbons (Fsp3) is 0.211. The number of aryl methyl sites for hydroxylation is 2. The van der Waals surface area contributed by atoms with Crippen LogP contribution in [0.5, 0.6) is 0 Å². The van der Waals surface area contributed by atoms with Crippen molar-refractivity contribution in [2.24, 2.45) is 7.05 Å². The molecule has 0 spiro atoms. The molecule has 3 aromatic rings. The highest BCUT2D eigenvalue weighted by molar-refractivity contribution is 7.08. The fourth-order valence-corrected chi connectivity index (χ4v) is 3.96. The topological polar surface area (TPSA) is 118 Å². The molecule has 1 aliphatic heterocycles. The summed E-state index contributed by atoms with van der Waals surface area (Å²) in [4.78, 5) is 45.8. The molecule has 4 rings (SSSR count). The number of imidazole rings is 1. The Labute approximate surface area is 170 Å². The van der Waals surface area contributed by atoms with Crippen molar-refractivity contribution in [1.29, 1.82) is 0 Å². The lowest BCUT2D eigenvalue weighted by molar-refractivity contribution is -0.124. The Morgan fingerprint density at radius 2 is 2.14 bits per heavy atom. The van der Waals surface area contributed by atoms with Crippen LogP contribution in [0.1, 0.15) is 21.9 Å². The number of hydrogen-bond donors (Lipinski definition) is 3. The standard InChI is InChI=1S/C19H18N6O3S/c1-11-13(3-4-14(22-11)12-5-8-29-9-12)15(26)21-10-19(16-20-6-7-25(16)2)17(27)23-18(28)24-19/h3-9H,10H2,1-2H3,(H,21,26)(H2,23,24,27,28). The maximum atomic E-state index is 12.8. The largest absolute Gasteiger partial charge is 0.349 e. The van der Waals surface area contributed by atoms with Crippen molar-refractivity contribution < 1.29 is 14.4 Å². The number of carbonyl (C=O) groups excluding carboxylic acids is 3. The minimum Gasteiger partial charge on any atom is -0.349 e. The van der Waals surface area contributed by atoms with E-state index in [1.54, 1.807) is 48.2 Å². The molecule has 0 aliphatic carbocycles. The van der Waals surface area contributed by atoms with Crippen molar-refractivity contribution in [3.63, 3.8) is 0 Å². The number of urea groups is 1. The van der Waals surface area contributed by atoms with Gasteiger partial charge in [-0.25, -0.2) is 9.78 Å². The van der Waals surface area contributed by atoms with Gasteiger partial charge in [0.25, 0.3) is 11.8 Å². The number of nitrogens with one attached hydrogen (secondary N) is 3. The molecule has 1 unspecified atom stereocenters. The van der Waals surface area contributed by atoms with Gasteiger partial charge >= 0.3 is 6.03 Å². The summed E-state index contributed by atoms with van der Waals surface area (Å²) in [5.41, 5.74) is 1.25. The second-order valence-electron chi connectivity index (χ2n) is 6.70. The van der Waals surface area contributed by atoms with Crippen LogP contribution in [0.2, 0.25) is 0 Å². The van der Waals surface area contributed by atoms with Crippen LogP contribution in [0.15, 0.2) is 41.4 Å². The molecule has 9 nitrogen and oxygen atoms in total. The normalized spacial score (nSPS) is 18.4. The SMILES string of the molecule is Cc1nc(-c2ccsc2)ccc1C(=O)NCC1(c2nccn2C)NC(=O)NC1=O. The average molecular weight is 410 g/mol. The first kappa shape index (κ1) is 18.8. The molecule has 0 aromatic carbocycles. The van der Waals surface area contributed by atoms with E-state index in [0.717, 1.165) is 11.3 Å². The fourth-order valence-electron chi connectivity index (χ4n) is 3.31. The summed E-state index contributed by atoms with van der Waals surface area (Å²) in [6.07, 6.45) is 3.18. The third-order valence-corrected chi connectivity index (χ3v) is 5.49. The van der Waals surface area contributed by atoms with Crippen LogP contribution >= 0.6 is 11.3 Å². The van der Waals surface area contributed by atoms with Crippen molar-refractivity contribution in [1.82, 2.24) is 30.5 Å². The van der Waals surface area contributed by atoms with E-state index in [1.165, 1.54) is 6.20 Å². The van der Waals surface area contributed by atoms with Gasteiger partial charge in [0, 0.05) is 30.4 Å². The van der Waals surface area contributed by atoms with Gasteiger partial charge in [-0.3, -0.25) is 19.9 Å². The van der Waals surface area contributed by atoms with E-state index in [-0.39, 0.29) is 6.54 Å². The molecule has 29 heavy (non-hydrogen) atoms. The Hall–Kier alpha value is -3.53. The first-order chi connectivity index (χ1) is 13.9. The summed E-state index contributed by atoms with van der Waals surface area (Å²) in [6, 6.07) is 4.81. The number of thiophene rings is 1. The molecule has 1 atom stereocenters. The average Bonchev–Trinajstić information content (AvgIpc) is 3.41. The highest BCUT2D eigenvalue weighted by Crippen LogP contribution is 2.24. The van der Waals surface area contributed by atoms with E-state index in [1.807, 2.05) is 16.8 Å². The zero-order chi connectivity index (χ0) is 20.6. The molecule has 148 valence electrons. The lowest BCUT2D eigenvalue weighted by Gasteiger charge is -2.25. The number of carbonyl (C=O) groups is 3. The Morgan fingerprint density at radius 1 is 1.31 bits per heavy atom. The van der Waals surface area contributed by atoms with Crippen LogP contribution < -0.4 is 16.0 Å². The van der Waals surface area contributed by atoms with Gasteiger partial charge in [-0.15, -0.1) is 0 Å². The van der Waals surface area contributed by atoms with Crippen molar-refractivity contribution in [3.8, 4) is 11.3 Å². The second kappa shape index (κ2) is 7.13. The lowest BCUT2D eigenvalue weighted by Crippen LogP contribution is -2.54. The van der Waals surface area contributed by atoms with E-state index >= 15 is 0 Å². The first-order valence-corrected chi connectivity index (χ1v) is 9.75. The minimum absolute atomic E-state index is 0.153. The molecule has 10 heteroatoms. The summed E-state index contributed by atoms with van der Waals surface area (Å²) in [6.45, 7) is 1.60. The molecular formula is C19H18N6O3S. The molecule has 3 aromatic heterocycles. The summed E-state index contributed by atoms with van der Waals surface area (Å²) in [7, 11) is 1.71. The lowest BCUT2D eigenvalue weighted by atomic mass is 9.98. The van der Waals surface area contributed by atoms with Crippen LogP contribution in [0.4, 0.5) is 4.79 Å². The van der Waals surface area contributed by atoms with Gasteiger partial charge in [0.1, 0.15) is 5.82 Å². The van der Waals surface area contributed by atoms with E-state index in [0.29, 0.717) is 17.1 Å².